The van der Waals surface area contributed by atoms with Crippen LogP contribution >= 0.6 is 0 Å². The van der Waals surface area contributed by atoms with Crippen LogP contribution in [0.15, 0.2) is 36.4 Å². The summed E-state index contributed by atoms with van der Waals surface area (Å²) in [5.41, 5.74) is 5.26. The molecule has 1 saturated heterocycles. The van der Waals surface area contributed by atoms with Crippen LogP contribution in [0.3, 0.4) is 0 Å². The number of nitrogens with one attached hydrogen (secondary N) is 1. The Morgan fingerprint density at radius 1 is 0.828 bits per heavy atom. The van der Waals surface area contributed by atoms with E-state index in [9.17, 15) is 19.2 Å². The van der Waals surface area contributed by atoms with Crippen LogP contribution in [0.1, 0.15) is 57.5 Å². The number of imide groups is 1. The van der Waals surface area contributed by atoms with E-state index < -0.39 is 11.9 Å². The molecule has 3 aliphatic rings. The summed E-state index contributed by atoms with van der Waals surface area (Å²) in [6.07, 6.45) is 3.02. The molecule has 0 spiro atoms. The Labute approximate surface area is 167 Å². The van der Waals surface area contributed by atoms with Crippen LogP contribution in [0.25, 0.3) is 11.1 Å². The van der Waals surface area contributed by atoms with Crippen LogP contribution in [0, 0.1) is 0 Å². The SMILES string of the molecule is O=C1CCC(N2Cc3cc(-c4ccc5c(c4)C(=O)CCC5)ccc3C2=O)C(=O)N1. The Balaban J connectivity index is 1.45. The van der Waals surface area contributed by atoms with Gasteiger partial charge in [0, 0.05) is 30.5 Å². The first kappa shape index (κ1) is 17.8. The molecule has 0 aromatic heterocycles. The van der Waals surface area contributed by atoms with Crippen molar-refractivity contribution < 1.29 is 19.2 Å². The molecule has 6 nitrogen and oxygen atoms in total. The quantitative estimate of drug-likeness (QED) is 0.802. The molecule has 6 heteroatoms. The summed E-state index contributed by atoms with van der Waals surface area (Å²) in [5, 5.41) is 2.32. The number of carbonyl (C=O) groups excluding carboxylic acids is 4. The molecule has 1 aliphatic carbocycles. The normalized spacial score (nSPS) is 21.1. The van der Waals surface area contributed by atoms with E-state index in [1.54, 1.807) is 11.0 Å². The number of aryl methyl sites for hydroxylation is 1. The van der Waals surface area contributed by atoms with Gasteiger partial charge in [0.1, 0.15) is 6.04 Å². The summed E-state index contributed by atoms with van der Waals surface area (Å²) in [6, 6.07) is 11.0. The molecule has 1 unspecified atom stereocenters. The van der Waals surface area contributed by atoms with Gasteiger partial charge in [-0.1, -0.05) is 18.2 Å². The van der Waals surface area contributed by atoms with Crippen molar-refractivity contribution in [3.8, 4) is 11.1 Å². The maximum Gasteiger partial charge on any atom is 0.255 e. The van der Waals surface area contributed by atoms with Crippen molar-refractivity contribution in [2.24, 2.45) is 0 Å². The summed E-state index contributed by atoms with van der Waals surface area (Å²) < 4.78 is 0. The smallest absolute Gasteiger partial charge is 0.255 e. The van der Waals surface area contributed by atoms with Crippen LogP contribution in [0.2, 0.25) is 0 Å². The molecule has 0 saturated carbocycles. The van der Waals surface area contributed by atoms with Gasteiger partial charge in [0.2, 0.25) is 11.8 Å². The number of benzene rings is 2. The number of nitrogens with zero attached hydrogens (tertiary/aromatic N) is 1. The third-order valence-corrected chi connectivity index (χ3v) is 6.12. The number of amides is 3. The van der Waals surface area contributed by atoms with Gasteiger partial charge in [0.05, 0.1) is 0 Å². The van der Waals surface area contributed by atoms with E-state index >= 15 is 0 Å². The van der Waals surface area contributed by atoms with E-state index in [-0.39, 0.29) is 24.0 Å². The van der Waals surface area contributed by atoms with Crippen molar-refractivity contribution in [1.82, 2.24) is 10.2 Å². The van der Waals surface area contributed by atoms with E-state index in [0.717, 1.165) is 40.7 Å². The topological polar surface area (TPSA) is 83.6 Å². The number of hydrogen-bond acceptors (Lipinski definition) is 4. The highest BCUT2D eigenvalue weighted by Gasteiger charge is 2.39. The fourth-order valence-electron chi connectivity index (χ4n) is 4.56. The molecule has 2 aliphatic heterocycles. The van der Waals surface area contributed by atoms with Crippen molar-refractivity contribution in [1.29, 1.82) is 0 Å². The monoisotopic (exact) mass is 388 g/mol. The van der Waals surface area contributed by atoms with E-state index in [4.69, 9.17) is 0 Å². The van der Waals surface area contributed by atoms with E-state index in [1.807, 2.05) is 30.3 Å². The second kappa shape index (κ2) is 6.65. The van der Waals surface area contributed by atoms with Crippen LogP contribution in [0.4, 0.5) is 0 Å². The third-order valence-electron chi connectivity index (χ3n) is 6.12. The van der Waals surface area contributed by atoms with E-state index in [1.165, 1.54) is 0 Å². The zero-order valence-corrected chi connectivity index (χ0v) is 15.9. The van der Waals surface area contributed by atoms with Crippen LogP contribution < -0.4 is 5.32 Å². The molecule has 5 rings (SSSR count). The van der Waals surface area contributed by atoms with Crippen molar-refractivity contribution in [3.63, 3.8) is 0 Å². The highest BCUT2D eigenvalue weighted by atomic mass is 16.2. The van der Waals surface area contributed by atoms with Crippen molar-refractivity contribution in [2.45, 2.75) is 44.7 Å². The minimum Gasteiger partial charge on any atom is -0.322 e. The summed E-state index contributed by atoms with van der Waals surface area (Å²) in [7, 11) is 0. The molecule has 2 aromatic rings. The third kappa shape index (κ3) is 2.95. The molecule has 3 amide bonds. The van der Waals surface area contributed by atoms with Crippen molar-refractivity contribution in [2.75, 3.05) is 0 Å². The molecule has 2 aromatic carbocycles. The summed E-state index contributed by atoms with van der Waals surface area (Å²) in [6.45, 7) is 0.345. The number of fused-ring (bicyclic) bond motifs is 2. The number of ketones is 1. The Hall–Kier alpha value is -3.28. The molecule has 1 atom stereocenters. The number of hydrogen-bond donors (Lipinski definition) is 1. The summed E-state index contributed by atoms with van der Waals surface area (Å²) >= 11 is 0. The largest absolute Gasteiger partial charge is 0.322 e. The second-order valence-electron chi connectivity index (χ2n) is 7.92. The highest BCUT2D eigenvalue weighted by molar-refractivity contribution is 6.05. The maximum absolute atomic E-state index is 12.8. The standard InChI is InChI=1S/C23H20N2O4/c26-20-3-1-2-13-4-5-15(11-18(13)20)14-6-7-17-16(10-14)12-25(23(17)29)19-8-9-21(27)24-22(19)28/h4-7,10-11,19H,1-3,8-9,12H2,(H,24,27,28). The maximum atomic E-state index is 12.8. The van der Waals surface area contributed by atoms with Gasteiger partial charge in [0.25, 0.3) is 5.91 Å². The fraction of sp³-hybridized carbons (Fsp3) is 0.304. The first-order valence-corrected chi connectivity index (χ1v) is 9.95. The van der Waals surface area contributed by atoms with E-state index in [0.29, 0.717) is 24.9 Å². The van der Waals surface area contributed by atoms with Gasteiger partial charge in [-0.25, -0.2) is 0 Å². The van der Waals surface area contributed by atoms with Gasteiger partial charge in [0.15, 0.2) is 5.78 Å². The molecule has 1 N–H and O–H groups in total. The van der Waals surface area contributed by atoms with Gasteiger partial charge in [-0.05, 0) is 59.7 Å². The predicted molar refractivity (Wildman–Crippen MR) is 105 cm³/mol. The zero-order valence-electron chi connectivity index (χ0n) is 15.9. The molecule has 0 radical (unpaired) electrons. The average Bonchev–Trinajstić information content (AvgIpc) is 3.04. The molecule has 146 valence electrons. The Kier molecular flexibility index (Phi) is 4.08. The number of rotatable bonds is 2. The fourth-order valence-corrected chi connectivity index (χ4v) is 4.56. The van der Waals surface area contributed by atoms with Crippen LogP contribution in [-0.2, 0) is 22.6 Å². The summed E-state index contributed by atoms with van der Waals surface area (Å²) in [4.78, 5) is 50.2. The number of piperidine rings is 1. The molecule has 29 heavy (non-hydrogen) atoms. The lowest BCUT2D eigenvalue weighted by Crippen LogP contribution is -2.52. The number of Topliss-reactive ketones (excluding diaryl/α,β-unsaturated/α-hetero) is 1. The molecular weight excluding hydrogens is 368 g/mol. The summed E-state index contributed by atoms with van der Waals surface area (Å²) in [5.74, 6) is -0.689. The lowest BCUT2D eigenvalue weighted by Gasteiger charge is -2.29. The minimum absolute atomic E-state index is 0.179. The number of carbonyl (C=O) groups is 4. The first-order chi connectivity index (χ1) is 14.0. The van der Waals surface area contributed by atoms with Crippen molar-refractivity contribution >= 4 is 23.5 Å². The average molecular weight is 388 g/mol. The van der Waals surface area contributed by atoms with Gasteiger partial charge >= 0.3 is 0 Å². The molecule has 0 bridgehead atoms. The van der Waals surface area contributed by atoms with Gasteiger partial charge in [-0.15, -0.1) is 0 Å². The highest BCUT2D eigenvalue weighted by Crippen LogP contribution is 2.33. The second-order valence-corrected chi connectivity index (χ2v) is 7.92. The Morgan fingerprint density at radius 3 is 2.45 bits per heavy atom. The minimum atomic E-state index is -0.614. The first-order valence-electron chi connectivity index (χ1n) is 9.95. The Bertz CT molecular complexity index is 1090. The Morgan fingerprint density at radius 2 is 1.62 bits per heavy atom. The van der Waals surface area contributed by atoms with Gasteiger partial charge in [-0.2, -0.15) is 0 Å². The molecular formula is C23H20N2O4. The molecule has 1 fully saturated rings. The lowest BCUT2D eigenvalue weighted by atomic mass is 9.88. The lowest BCUT2D eigenvalue weighted by molar-refractivity contribution is -0.136. The van der Waals surface area contributed by atoms with Gasteiger partial charge < -0.3 is 4.90 Å². The van der Waals surface area contributed by atoms with Crippen LogP contribution in [0.5, 0.6) is 0 Å². The van der Waals surface area contributed by atoms with Crippen LogP contribution in [-0.4, -0.2) is 34.4 Å². The van der Waals surface area contributed by atoms with E-state index in [2.05, 4.69) is 5.32 Å². The van der Waals surface area contributed by atoms with Gasteiger partial charge in [-0.3, -0.25) is 24.5 Å². The zero-order chi connectivity index (χ0) is 20.1. The van der Waals surface area contributed by atoms with Crippen molar-refractivity contribution in [3.05, 3.63) is 58.7 Å². The predicted octanol–water partition coefficient (Wildman–Crippen LogP) is 2.63. The molecule has 2 heterocycles.